The largest absolute Gasteiger partial charge is 0.0596 e. The SMILES string of the molecule is CC1(C)CC1C1CCC2(C)CC2C1. The molecule has 0 radical (unpaired) electrons. The Kier molecular flexibility index (Phi) is 1.37. The van der Waals surface area contributed by atoms with E-state index in [9.17, 15) is 0 Å². The van der Waals surface area contributed by atoms with Crippen LogP contribution in [0.2, 0.25) is 0 Å². The molecule has 3 fully saturated rings. The second kappa shape index (κ2) is 2.15. The summed E-state index contributed by atoms with van der Waals surface area (Å²) >= 11 is 0. The first-order valence-corrected chi connectivity index (χ1v) is 6.01. The maximum atomic E-state index is 2.51. The van der Waals surface area contributed by atoms with Gasteiger partial charge in [0.2, 0.25) is 0 Å². The molecule has 0 heterocycles. The van der Waals surface area contributed by atoms with Crippen LogP contribution in [0.3, 0.4) is 0 Å². The fourth-order valence-electron chi connectivity index (χ4n) is 3.85. The van der Waals surface area contributed by atoms with E-state index in [-0.39, 0.29) is 0 Å². The lowest BCUT2D eigenvalue weighted by Gasteiger charge is -2.26. The zero-order chi connectivity index (χ0) is 9.27. The molecule has 0 amide bonds. The second-order valence-electron chi connectivity index (χ2n) is 6.89. The van der Waals surface area contributed by atoms with Crippen LogP contribution >= 0.6 is 0 Å². The maximum absolute atomic E-state index is 2.51. The predicted molar refractivity (Wildman–Crippen MR) is 55.4 cm³/mol. The minimum atomic E-state index is 0.716. The van der Waals surface area contributed by atoms with Crippen LogP contribution in [-0.2, 0) is 0 Å². The van der Waals surface area contributed by atoms with Gasteiger partial charge in [-0.15, -0.1) is 0 Å². The third kappa shape index (κ3) is 1.17. The van der Waals surface area contributed by atoms with Gasteiger partial charge in [-0.3, -0.25) is 0 Å². The first kappa shape index (κ1) is 8.32. The molecule has 3 aliphatic carbocycles. The van der Waals surface area contributed by atoms with Crippen molar-refractivity contribution >= 4 is 0 Å². The number of hydrogen-bond acceptors (Lipinski definition) is 0. The average molecular weight is 178 g/mol. The van der Waals surface area contributed by atoms with Gasteiger partial charge in [0.15, 0.2) is 0 Å². The molecular weight excluding hydrogens is 156 g/mol. The minimum absolute atomic E-state index is 0.716. The van der Waals surface area contributed by atoms with E-state index in [0.717, 1.165) is 23.2 Å². The van der Waals surface area contributed by atoms with Crippen molar-refractivity contribution in [2.24, 2.45) is 28.6 Å². The van der Waals surface area contributed by atoms with E-state index >= 15 is 0 Å². The summed E-state index contributed by atoms with van der Waals surface area (Å²) in [4.78, 5) is 0. The molecule has 0 aromatic carbocycles. The van der Waals surface area contributed by atoms with Crippen LogP contribution in [0, 0.1) is 28.6 Å². The fraction of sp³-hybridized carbons (Fsp3) is 1.00. The van der Waals surface area contributed by atoms with Gasteiger partial charge in [-0.1, -0.05) is 20.8 Å². The van der Waals surface area contributed by atoms with Crippen LogP contribution < -0.4 is 0 Å². The number of hydrogen-bond donors (Lipinski definition) is 0. The highest BCUT2D eigenvalue weighted by molar-refractivity contribution is 5.08. The first-order chi connectivity index (χ1) is 6.01. The summed E-state index contributed by atoms with van der Waals surface area (Å²) in [5, 5.41) is 0. The van der Waals surface area contributed by atoms with Gasteiger partial charge in [-0.2, -0.15) is 0 Å². The van der Waals surface area contributed by atoms with Crippen molar-refractivity contribution in [1.82, 2.24) is 0 Å². The Hall–Kier alpha value is 0. The molecule has 4 unspecified atom stereocenters. The summed E-state index contributed by atoms with van der Waals surface area (Å²) in [6, 6.07) is 0. The van der Waals surface area contributed by atoms with Gasteiger partial charge in [0, 0.05) is 0 Å². The van der Waals surface area contributed by atoms with E-state index in [1.807, 2.05) is 0 Å². The van der Waals surface area contributed by atoms with Gasteiger partial charge in [-0.25, -0.2) is 0 Å². The Morgan fingerprint density at radius 1 is 1.08 bits per heavy atom. The normalized spacial score (nSPS) is 57.0. The van der Waals surface area contributed by atoms with Crippen molar-refractivity contribution < 1.29 is 0 Å². The molecule has 0 saturated heterocycles. The summed E-state index contributed by atoms with van der Waals surface area (Å²) in [5.74, 6) is 3.33. The lowest BCUT2D eigenvalue weighted by atomic mass is 9.79. The Morgan fingerprint density at radius 3 is 2.31 bits per heavy atom. The lowest BCUT2D eigenvalue weighted by molar-refractivity contribution is 0.237. The third-order valence-electron chi connectivity index (χ3n) is 5.37. The van der Waals surface area contributed by atoms with Crippen molar-refractivity contribution in [2.45, 2.75) is 52.9 Å². The maximum Gasteiger partial charge on any atom is -0.0294 e. The van der Waals surface area contributed by atoms with Crippen LogP contribution in [0.5, 0.6) is 0 Å². The lowest BCUT2D eigenvalue weighted by Crippen LogP contribution is -2.17. The number of fused-ring (bicyclic) bond motifs is 1. The van der Waals surface area contributed by atoms with Gasteiger partial charge >= 0.3 is 0 Å². The van der Waals surface area contributed by atoms with E-state index in [4.69, 9.17) is 0 Å². The van der Waals surface area contributed by atoms with Crippen LogP contribution in [0.25, 0.3) is 0 Å². The molecule has 0 bridgehead atoms. The molecule has 13 heavy (non-hydrogen) atoms. The molecule has 0 aliphatic heterocycles. The third-order valence-corrected chi connectivity index (χ3v) is 5.37. The monoisotopic (exact) mass is 178 g/mol. The molecule has 0 nitrogen and oxygen atoms in total. The standard InChI is InChI=1S/C13H22/c1-12(2)8-11(12)9-4-5-13(3)7-10(13)6-9/h9-11H,4-8H2,1-3H3. The van der Waals surface area contributed by atoms with E-state index in [0.29, 0.717) is 5.41 Å². The van der Waals surface area contributed by atoms with Gasteiger partial charge in [0.1, 0.15) is 0 Å². The van der Waals surface area contributed by atoms with Gasteiger partial charge in [0.05, 0.1) is 0 Å². The molecule has 0 spiro atoms. The van der Waals surface area contributed by atoms with Crippen molar-refractivity contribution in [3.8, 4) is 0 Å². The van der Waals surface area contributed by atoms with Crippen LogP contribution in [0.1, 0.15) is 52.9 Å². The molecule has 3 aliphatic rings. The summed E-state index contributed by atoms with van der Waals surface area (Å²) in [6.07, 6.45) is 7.72. The van der Waals surface area contributed by atoms with Crippen LogP contribution in [0.15, 0.2) is 0 Å². The van der Waals surface area contributed by atoms with Crippen molar-refractivity contribution in [1.29, 1.82) is 0 Å². The Labute approximate surface area is 82.1 Å². The summed E-state index contributed by atoms with van der Waals surface area (Å²) in [7, 11) is 0. The van der Waals surface area contributed by atoms with E-state index < -0.39 is 0 Å². The first-order valence-electron chi connectivity index (χ1n) is 6.01. The predicted octanol–water partition coefficient (Wildman–Crippen LogP) is 3.86. The molecule has 0 N–H and O–H groups in total. The van der Waals surface area contributed by atoms with Crippen molar-refractivity contribution in [3.63, 3.8) is 0 Å². The van der Waals surface area contributed by atoms with Crippen LogP contribution in [-0.4, -0.2) is 0 Å². The Bertz CT molecular complexity index is 240. The van der Waals surface area contributed by atoms with Gasteiger partial charge in [-0.05, 0) is 60.7 Å². The second-order valence-corrected chi connectivity index (χ2v) is 6.89. The molecular formula is C13H22. The Morgan fingerprint density at radius 2 is 1.77 bits per heavy atom. The topological polar surface area (TPSA) is 0 Å². The molecule has 0 aromatic rings. The summed E-state index contributed by atoms with van der Waals surface area (Å²) < 4.78 is 0. The van der Waals surface area contributed by atoms with Crippen LogP contribution in [0.4, 0.5) is 0 Å². The highest BCUT2D eigenvalue weighted by Gasteiger charge is 2.58. The zero-order valence-electron chi connectivity index (χ0n) is 9.27. The highest BCUT2D eigenvalue weighted by atomic mass is 14.6. The van der Waals surface area contributed by atoms with E-state index in [2.05, 4.69) is 20.8 Å². The zero-order valence-corrected chi connectivity index (χ0v) is 9.27. The molecule has 74 valence electrons. The summed E-state index contributed by atoms with van der Waals surface area (Å²) in [5.41, 5.74) is 1.53. The molecule has 0 aromatic heterocycles. The average Bonchev–Trinajstić information content (AvgIpc) is 2.85. The number of rotatable bonds is 1. The minimum Gasteiger partial charge on any atom is -0.0596 e. The van der Waals surface area contributed by atoms with E-state index in [1.54, 1.807) is 19.3 Å². The van der Waals surface area contributed by atoms with Crippen molar-refractivity contribution in [3.05, 3.63) is 0 Å². The molecule has 3 saturated carbocycles. The van der Waals surface area contributed by atoms with Gasteiger partial charge < -0.3 is 0 Å². The summed E-state index contributed by atoms with van der Waals surface area (Å²) in [6.45, 7) is 7.42. The smallest absolute Gasteiger partial charge is 0.0294 e. The van der Waals surface area contributed by atoms with Crippen molar-refractivity contribution in [2.75, 3.05) is 0 Å². The molecule has 3 rings (SSSR count). The molecule has 0 heteroatoms. The quantitative estimate of drug-likeness (QED) is 0.572. The van der Waals surface area contributed by atoms with E-state index in [1.165, 1.54) is 12.8 Å². The highest BCUT2D eigenvalue weighted by Crippen LogP contribution is 2.67. The Balaban J connectivity index is 1.64. The van der Waals surface area contributed by atoms with Gasteiger partial charge in [0.25, 0.3) is 0 Å². The molecule has 4 atom stereocenters. The fourth-order valence-corrected chi connectivity index (χ4v) is 3.85.